The number of nitrogens with zero attached hydrogens (tertiary/aromatic N) is 3. The number of rotatable bonds is 5. The van der Waals surface area contributed by atoms with Crippen molar-refractivity contribution in [3.8, 4) is 0 Å². The molecule has 0 radical (unpaired) electrons. The second kappa shape index (κ2) is 6.44. The summed E-state index contributed by atoms with van der Waals surface area (Å²) in [5.74, 6) is 0. The summed E-state index contributed by atoms with van der Waals surface area (Å²) in [6.07, 6.45) is 0. The Morgan fingerprint density at radius 3 is 1.82 bits per heavy atom. The molecule has 0 bridgehead atoms. The van der Waals surface area contributed by atoms with E-state index < -0.39 is 9.85 Å². The standard InChI is InChI=1S/C14H12N4O4/c1-10(11-2-6-13(7-3-11)17(19)20)15-16-12-4-8-14(9-5-12)18(21)22/h2-9,16H,1H3. The van der Waals surface area contributed by atoms with Gasteiger partial charge in [0.1, 0.15) is 0 Å². The normalized spacial score (nSPS) is 11.0. The van der Waals surface area contributed by atoms with E-state index in [1.54, 1.807) is 31.2 Å². The lowest BCUT2D eigenvalue weighted by Gasteiger charge is -2.03. The number of hydrazone groups is 1. The number of hydrogen-bond donors (Lipinski definition) is 1. The Morgan fingerprint density at radius 1 is 0.909 bits per heavy atom. The minimum Gasteiger partial charge on any atom is -0.278 e. The summed E-state index contributed by atoms with van der Waals surface area (Å²) in [6, 6.07) is 11.9. The van der Waals surface area contributed by atoms with Crippen molar-refractivity contribution in [2.75, 3.05) is 5.43 Å². The zero-order chi connectivity index (χ0) is 16.1. The van der Waals surface area contributed by atoms with E-state index >= 15 is 0 Å². The van der Waals surface area contributed by atoms with Crippen molar-refractivity contribution in [3.05, 3.63) is 74.3 Å². The van der Waals surface area contributed by atoms with Crippen LogP contribution in [0.15, 0.2) is 53.6 Å². The van der Waals surface area contributed by atoms with Crippen LogP contribution in [0.1, 0.15) is 12.5 Å². The van der Waals surface area contributed by atoms with Crippen molar-refractivity contribution in [2.45, 2.75) is 6.92 Å². The minimum absolute atomic E-state index is 0.00150. The van der Waals surface area contributed by atoms with E-state index in [2.05, 4.69) is 10.5 Å². The smallest absolute Gasteiger partial charge is 0.269 e. The summed E-state index contributed by atoms with van der Waals surface area (Å²) in [7, 11) is 0. The molecule has 0 aliphatic heterocycles. The van der Waals surface area contributed by atoms with Gasteiger partial charge in [-0.1, -0.05) is 0 Å². The zero-order valence-corrected chi connectivity index (χ0v) is 11.6. The Balaban J connectivity index is 2.08. The van der Waals surface area contributed by atoms with E-state index in [1.807, 2.05) is 0 Å². The fraction of sp³-hybridized carbons (Fsp3) is 0.0714. The van der Waals surface area contributed by atoms with Crippen LogP contribution >= 0.6 is 0 Å². The third kappa shape index (κ3) is 3.63. The van der Waals surface area contributed by atoms with Gasteiger partial charge in [0, 0.05) is 24.3 Å². The van der Waals surface area contributed by atoms with Gasteiger partial charge < -0.3 is 0 Å². The molecule has 0 amide bonds. The molecule has 0 fully saturated rings. The maximum Gasteiger partial charge on any atom is 0.269 e. The third-order valence-electron chi connectivity index (χ3n) is 2.93. The highest BCUT2D eigenvalue weighted by Crippen LogP contribution is 2.16. The van der Waals surface area contributed by atoms with Crippen LogP contribution in [0.5, 0.6) is 0 Å². The molecule has 22 heavy (non-hydrogen) atoms. The Morgan fingerprint density at radius 2 is 1.36 bits per heavy atom. The summed E-state index contributed by atoms with van der Waals surface area (Å²) in [5, 5.41) is 25.3. The highest BCUT2D eigenvalue weighted by atomic mass is 16.6. The van der Waals surface area contributed by atoms with Crippen LogP contribution in [-0.4, -0.2) is 15.6 Å². The molecule has 1 N–H and O–H groups in total. The highest BCUT2D eigenvalue weighted by molar-refractivity contribution is 5.99. The van der Waals surface area contributed by atoms with Crippen LogP contribution in [0.4, 0.5) is 17.1 Å². The molecule has 0 saturated carbocycles. The summed E-state index contributed by atoms with van der Waals surface area (Å²) in [6.45, 7) is 1.75. The van der Waals surface area contributed by atoms with Crippen LogP contribution in [0.2, 0.25) is 0 Å². The van der Waals surface area contributed by atoms with Crippen molar-refractivity contribution in [2.24, 2.45) is 5.10 Å². The number of nitro groups is 2. The molecular formula is C14H12N4O4. The van der Waals surface area contributed by atoms with Gasteiger partial charge in [-0.2, -0.15) is 5.10 Å². The lowest BCUT2D eigenvalue weighted by Crippen LogP contribution is -2.00. The molecule has 0 unspecified atom stereocenters. The van der Waals surface area contributed by atoms with Gasteiger partial charge in [0.15, 0.2) is 0 Å². The first-order chi connectivity index (χ1) is 10.5. The first-order valence-corrected chi connectivity index (χ1v) is 6.27. The van der Waals surface area contributed by atoms with Gasteiger partial charge in [-0.05, 0) is 36.8 Å². The number of non-ortho nitro benzene ring substituents is 2. The van der Waals surface area contributed by atoms with Crippen LogP contribution in [0.25, 0.3) is 0 Å². The first-order valence-electron chi connectivity index (χ1n) is 6.27. The van der Waals surface area contributed by atoms with E-state index in [0.29, 0.717) is 11.4 Å². The van der Waals surface area contributed by atoms with Crippen molar-refractivity contribution < 1.29 is 9.85 Å². The molecule has 2 rings (SSSR count). The predicted octanol–water partition coefficient (Wildman–Crippen LogP) is 3.34. The number of anilines is 1. The van der Waals surface area contributed by atoms with E-state index in [1.165, 1.54) is 24.3 Å². The quantitative estimate of drug-likeness (QED) is 0.517. The fourth-order valence-electron chi connectivity index (χ4n) is 1.69. The minimum atomic E-state index is -0.477. The van der Waals surface area contributed by atoms with Gasteiger partial charge in [0.2, 0.25) is 0 Å². The van der Waals surface area contributed by atoms with E-state index in [4.69, 9.17) is 0 Å². The third-order valence-corrected chi connectivity index (χ3v) is 2.93. The maximum absolute atomic E-state index is 10.6. The van der Waals surface area contributed by atoms with E-state index in [0.717, 1.165) is 5.56 Å². The van der Waals surface area contributed by atoms with Crippen molar-refractivity contribution >= 4 is 22.8 Å². The van der Waals surface area contributed by atoms with Crippen LogP contribution in [0, 0.1) is 20.2 Å². The lowest BCUT2D eigenvalue weighted by atomic mass is 10.1. The van der Waals surface area contributed by atoms with Crippen molar-refractivity contribution in [1.82, 2.24) is 0 Å². The summed E-state index contributed by atoms with van der Waals surface area (Å²) >= 11 is 0. The second-order valence-electron chi connectivity index (χ2n) is 4.42. The second-order valence-corrected chi connectivity index (χ2v) is 4.42. The molecule has 0 spiro atoms. The Bertz CT molecular complexity index is 724. The van der Waals surface area contributed by atoms with E-state index in [-0.39, 0.29) is 11.4 Å². The van der Waals surface area contributed by atoms with Gasteiger partial charge in [-0.3, -0.25) is 25.7 Å². The first kappa shape index (κ1) is 15.1. The van der Waals surface area contributed by atoms with Gasteiger partial charge in [0.05, 0.1) is 21.2 Å². The molecule has 0 atom stereocenters. The highest BCUT2D eigenvalue weighted by Gasteiger charge is 2.06. The Labute approximate surface area is 125 Å². The molecule has 0 aliphatic rings. The van der Waals surface area contributed by atoms with Crippen molar-refractivity contribution in [1.29, 1.82) is 0 Å². The van der Waals surface area contributed by atoms with Gasteiger partial charge >= 0.3 is 0 Å². The number of hydrogen-bond acceptors (Lipinski definition) is 6. The van der Waals surface area contributed by atoms with Crippen LogP contribution < -0.4 is 5.43 Å². The average Bonchev–Trinajstić information content (AvgIpc) is 2.53. The maximum atomic E-state index is 10.6. The molecule has 2 aromatic rings. The molecule has 0 heterocycles. The van der Waals surface area contributed by atoms with Gasteiger partial charge in [-0.15, -0.1) is 0 Å². The molecule has 112 valence electrons. The largest absolute Gasteiger partial charge is 0.278 e. The zero-order valence-electron chi connectivity index (χ0n) is 11.6. The number of nitro benzene ring substituents is 2. The number of benzene rings is 2. The van der Waals surface area contributed by atoms with Gasteiger partial charge in [0.25, 0.3) is 11.4 Å². The topological polar surface area (TPSA) is 111 Å². The Kier molecular flexibility index (Phi) is 4.42. The molecule has 8 heteroatoms. The molecule has 0 saturated heterocycles. The molecule has 0 aliphatic carbocycles. The van der Waals surface area contributed by atoms with Crippen LogP contribution in [0.3, 0.4) is 0 Å². The molecule has 8 nitrogen and oxygen atoms in total. The van der Waals surface area contributed by atoms with Crippen LogP contribution in [-0.2, 0) is 0 Å². The summed E-state index contributed by atoms with van der Waals surface area (Å²) < 4.78 is 0. The lowest BCUT2D eigenvalue weighted by molar-refractivity contribution is -0.385. The number of nitrogens with one attached hydrogen (secondary N) is 1. The molecular weight excluding hydrogens is 288 g/mol. The molecule has 0 aromatic heterocycles. The average molecular weight is 300 g/mol. The Hall–Kier alpha value is -3.29. The SMILES string of the molecule is CC(=NNc1ccc([N+](=O)[O-])cc1)c1ccc([N+](=O)[O-])cc1. The fourth-order valence-corrected chi connectivity index (χ4v) is 1.69. The summed E-state index contributed by atoms with van der Waals surface area (Å²) in [5.41, 5.74) is 4.77. The van der Waals surface area contributed by atoms with Crippen molar-refractivity contribution in [3.63, 3.8) is 0 Å². The van der Waals surface area contributed by atoms with E-state index in [9.17, 15) is 20.2 Å². The summed E-state index contributed by atoms with van der Waals surface area (Å²) in [4.78, 5) is 20.2. The predicted molar refractivity (Wildman–Crippen MR) is 82.0 cm³/mol. The monoisotopic (exact) mass is 300 g/mol. The van der Waals surface area contributed by atoms with Gasteiger partial charge in [-0.25, -0.2) is 0 Å². The molecule has 2 aromatic carbocycles.